The smallest absolute Gasteiger partial charge is 0.354 e. The summed E-state index contributed by atoms with van der Waals surface area (Å²) in [5, 5.41) is 12.8. The van der Waals surface area contributed by atoms with Gasteiger partial charge in [-0.15, -0.1) is 0 Å². The Hall–Kier alpha value is -2.24. The molecule has 0 bridgehead atoms. The first-order valence-electron chi connectivity index (χ1n) is 5.53. The number of aromatic carboxylic acids is 1. The lowest BCUT2D eigenvalue weighted by atomic mass is 10.2. The molecule has 0 atom stereocenters. The number of aromatic nitrogens is 3. The largest absolute Gasteiger partial charge is 0.477 e. The molecule has 2 heterocycles. The predicted octanol–water partition coefficient (Wildman–Crippen LogP) is 2.26. The highest BCUT2D eigenvalue weighted by molar-refractivity contribution is 5.86. The van der Waals surface area contributed by atoms with E-state index in [0.29, 0.717) is 23.0 Å². The van der Waals surface area contributed by atoms with Gasteiger partial charge in [0.15, 0.2) is 0 Å². The highest BCUT2D eigenvalue weighted by atomic mass is 16.5. The minimum absolute atomic E-state index is 0.0269. The van der Waals surface area contributed by atoms with Crippen LogP contribution in [-0.4, -0.2) is 26.2 Å². The minimum atomic E-state index is -1.08. The number of carbonyl (C=O) groups is 1. The van der Waals surface area contributed by atoms with Crippen LogP contribution < -0.4 is 0 Å². The van der Waals surface area contributed by atoms with Crippen LogP contribution in [0.3, 0.4) is 0 Å². The van der Waals surface area contributed by atoms with E-state index in [0.717, 1.165) is 0 Å². The molecule has 6 heteroatoms. The van der Waals surface area contributed by atoms with Crippen LogP contribution in [-0.2, 0) is 0 Å². The highest BCUT2D eigenvalue weighted by Gasteiger charge is 2.14. The van der Waals surface area contributed by atoms with Crippen molar-refractivity contribution in [2.24, 2.45) is 0 Å². The van der Waals surface area contributed by atoms with E-state index in [2.05, 4.69) is 15.1 Å². The number of carboxylic acids is 1. The summed E-state index contributed by atoms with van der Waals surface area (Å²) < 4.78 is 5.09. The summed E-state index contributed by atoms with van der Waals surface area (Å²) in [6.07, 6.45) is 0. The van der Waals surface area contributed by atoms with E-state index in [9.17, 15) is 4.79 Å². The van der Waals surface area contributed by atoms with Crippen LogP contribution in [0.2, 0.25) is 0 Å². The Bertz CT molecular complexity index is 590. The van der Waals surface area contributed by atoms with Gasteiger partial charge in [0.1, 0.15) is 5.69 Å². The summed E-state index contributed by atoms with van der Waals surface area (Å²) in [6.45, 7) is 5.61. The van der Waals surface area contributed by atoms with Crippen LogP contribution >= 0.6 is 0 Å². The average Bonchev–Trinajstić information content (AvgIpc) is 2.77. The van der Waals surface area contributed by atoms with Gasteiger partial charge in [0.05, 0.1) is 0 Å². The standard InChI is InChI=1S/C12H13N3O3/c1-6(2)11-14-10(15-18-11)8-4-7(3)13-9(5-8)12(16)17/h4-6H,1-3H3,(H,16,17). The third-order valence-electron chi connectivity index (χ3n) is 2.37. The van der Waals surface area contributed by atoms with Gasteiger partial charge in [-0.05, 0) is 19.1 Å². The summed E-state index contributed by atoms with van der Waals surface area (Å²) in [7, 11) is 0. The molecule has 0 aliphatic carbocycles. The molecule has 0 amide bonds. The number of rotatable bonds is 3. The molecule has 1 N–H and O–H groups in total. The van der Waals surface area contributed by atoms with Crippen LogP contribution in [0.5, 0.6) is 0 Å². The summed E-state index contributed by atoms with van der Waals surface area (Å²) in [6, 6.07) is 3.16. The van der Waals surface area contributed by atoms with Gasteiger partial charge in [-0.25, -0.2) is 9.78 Å². The Morgan fingerprint density at radius 3 is 2.61 bits per heavy atom. The fourth-order valence-electron chi connectivity index (χ4n) is 1.49. The molecule has 0 saturated heterocycles. The summed E-state index contributed by atoms with van der Waals surface area (Å²) >= 11 is 0. The molecule has 0 saturated carbocycles. The fourth-order valence-corrected chi connectivity index (χ4v) is 1.49. The SMILES string of the molecule is Cc1cc(-c2noc(C(C)C)n2)cc(C(=O)O)n1. The number of hydrogen-bond donors (Lipinski definition) is 1. The first kappa shape index (κ1) is 12.2. The van der Waals surface area contributed by atoms with E-state index in [1.165, 1.54) is 6.07 Å². The van der Waals surface area contributed by atoms with Crippen LogP contribution in [0.1, 0.15) is 41.8 Å². The molecule has 0 fully saturated rings. The molecule has 0 spiro atoms. The lowest BCUT2D eigenvalue weighted by Crippen LogP contribution is -2.02. The number of nitrogens with zero attached hydrogens (tertiary/aromatic N) is 3. The van der Waals surface area contributed by atoms with Crippen molar-refractivity contribution >= 4 is 5.97 Å². The van der Waals surface area contributed by atoms with Gasteiger partial charge in [0.25, 0.3) is 0 Å². The summed E-state index contributed by atoms with van der Waals surface area (Å²) in [4.78, 5) is 19.1. The Kier molecular flexibility index (Phi) is 3.10. The normalized spacial score (nSPS) is 10.9. The van der Waals surface area contributed by atoms with Crippen molar-refractivity contribution < 1.29 is 14.4 Å². The van der Waals surface area contributed by atoms with Gasteiger partial charge in [-0.2, -0.15) is 4.98 Å². The van der Waals surface area contributed by atoms with E-state index >= 15 is 0 Å². The van der Waals surface area contributed by atoms with Crippen molar-refractivity contribution in [1.82, 2.24) is 15.1 Å². The maximum Gasteiger partial charge on any atom is 0.354 e. The third kappa shape index (κ3) is 2.37. The van der Waals surface area contributed by atoms with Gasteiger partial charge >= 0.3 is 5.97 Å². The topological polar surface area (TPSA) is 89.1 Å². The second kappa shape index (κ2) is 4.56. The second-order valence-electron chi connectivity index (χ2n) is 4.30. The first-order valence-corrected chi connectivity index (χ1v) is 5.53. The Balaban J connectivity index is 2.46. The zero-order chi connectivity index (χ0) is 13.3. The Labute approximate surface area is 104 Å². The maximum atomic E-state index is 10.9. The van der Waals surface area contributed by atoms with E-state index < -0.39 is 5.97 Å². The zero-order valence-electron chi connectivity index (χ0n) is 10.3. The lowest BCUT2D eigenvalue weighted by Gasteiger charge is -2.00. The van der Waals surface area contributed by atoms with Crippen LogP contribution in [0, 0.1) is 6.92 Å². The third-order valence-corrected chi connectivity index (χ3v) is 2.37. The number of hydrogen-bond acceptors (Lipinski definition) is 5. The molecule has 6 nitrogen and oxygen atoms in total. The molecular weight excluding hydrogens is 234 g/mol. The summed E-state index contributed by atoms with van der Waals surface area (Å²) in [5.41, 5.74) is 1.16. The van der Waals surface area contributed by atoms with Crippen molar-refractivity contribution in [2.45, 2.75) is 26.7 Å². The maximum absolute atomic E-state index is 10.9. The number of pyridine rings is 1. The second-order valence-corrected chi connectivity index (χ2v) is 4.30. The molecule has 94 valence electrons. The lowest BCUT2D eigenvalue weighted by molar-refractivity contribution is 0.0690. The van der Waals surface area contributed by atoms with Crippen molar-refractivity contribution in [3.8, 4) is 11.4 Å². The van der Waals surface area contributed by atoms with E-state index in [1.54, 1.807) is 13.0 Å². The van der Waals surface area contributed by atoms with E-state index in [1.807, 2.05) is 13.8 Å². The van der Waals surface area contributed by atoms with Gasteiger partial charge in [0, 0.05) is 17.2 Å². The van der Waals surface area contributed by atoms with Crippen molar-refractivity contribution in [2.75, 3.05) is 0 Å². The molecule has 18 heavy (non-hydrogen) atoms. The molecule has 2 aromatic heterocycles. The van der Waals surface area contributed by atoms with Crippen molar-refractivity contribution in [3.05, 3.63) is 29.4 Å². The molecule has 0 unspecified atom stereocenters. The van der Waals surface area contributed by atoms with Gasteiger partial charge < -0.3 is 9.63 Å². The molecule has 2 rings (SSSR count). The molecule has 0 aromatic carbocycles. The Morgan fingerprint density at radius 1 is 1.33 bits per heavy atom. The van der Waals surface area contributed by atoms with Gasteiger partial charge in [0.2, 0.25) is 11.7 Å². The van der Waals surface area contributed by atoms with Gasteiger partial charge in [-0.1, -0.05) is 19.0 Å². The van der Waals surface area contributed by atoms with Crippen LogP contribution in [0.4, 0.5) is 0 Å². The van der Waals surface area contributed by atoms with Crippen LogP contribution in [0.25, 0.3) is 11.4 Å². The Morgan fingerprint density at radius 2 is 2.06 bits per heavy atom. The quantitative estimate of drug-likeness (QED) is 0.894. The van der Waals surface area contributed by atoms with Gasteiger partial charge in [-0.3, -0.25) is 0 Å². The minimum Gasteiger partial charge on any atom is -0.477 e. The summed E-state index contributed by atoms with van der Waals surface area (Å²) in [5.74, 6) is -0.0382. The molecular formula is C12H13N3O3. The van der Waals surface area contributed by atoms with Crippen molar-refractivity contribution in [1.29, 1.82) is 0 Å². The molecule has 2 aromatic rings. The monoisotopic (exact) mass is 247 g/mol. The number of carboxylic acid groups (broad SMARTS) is 1. The highest BCUT2D eigenvalue weighted by Crippen LogP contribution is 2.20. The van der Waals surface area contributed by atoms with Crippen molar-refractivity contribution in [3.63, 3.8) is 0 Å². The molecule has 0 aliphatic rings. The molecule has 0 aliphatic heterocycles. The van der Waals surface area contributed by atoms with E-state index in [4.69, 9.17) is 9.63 Å². The number of aryl methyl sites for hydroxylation is 1. The zero-order valence-corrected chi connectivity index (χ0v) is 10.3. The molecule has 0 radical (unpaired) electrons. The first-order chi connectivity index (χ1) is 8.47. The fraction of sp³-hybridized carbons (Fsp3) is 0.333. The van der Waals surface area contributed by atoms with E-state index in [-0.39, 0.29) is 11.6 Å². The van der Waals surface area contributed by atoms with Crippen LogP contribution in [0.15, 0.2) is 16.7 Å². The predicted molar refractivity (Wildman–Crippen MR) is 63.3 cm³/mol. The average molecular weight is 247 g/mol.